The largest absolute Gasteiger partial charge is 0.396 e. The minimum absolute atomic E-state index is 0.155. The second-order valence-corrected chi connectivity index (χ2v) is 5.02. The number of amides is 1. The van der Waals surface area contributed by atoms with Gasteiger partial charge in [-0.05, 0) is 13.8 Å². The summed E-state index contributed by atoms with van der Waals surface area (Å²) in [4.78, 5) is 16.3. The minimum atomic E-state index is -0.284. The van der Waals surface area contributed by atoms with Gasteiger partial charge in [-0.15, -0.1) is 11.3 Å². The molecule has 0 radical (unpaired) electrons. The van der Waals surface area contributed by atoms with Crippen LogP contribution in [0.5, 0.6) is 0 Å². The molecule has 96 valence electrons. The molecule has 2 heterocycles. The number of anilines is 1. The Morgan fingerprint density at radius 3 is 2.83 bits per heavy atom. The van der Waals surface area contributed by atoms with Gasteiger partial charge in [-0.3, -0.25) is 9.48 Å². The van der Waals surface area contributed by atoms with E-state index in [2.05, 4.69) is 15.4 Å². The van der Waals surface area contributed by atoms with Crippen molar-refractivity contribution in [2.24, 2.45) is 7.05 Å². The minimum Gasteiger partial charge on any atom is -0.396 e. The molecule has 0 aliphatic carbocycles. The topological polar surface area (TPSA) is 85.8 Å². The number of hydrogen-bond acceptors (Lipinski definition) is 5. The van der Waals surface area contributed by atoms with E-state index in [0.29, 0.717) is 5.69 Å². The lowest BCUT2D eigenvalue weighted by Gasteiger charge is -2.10. The van der Waals surface area contributed by atoms with Gasteiger partial charge in [0.05, 0.1) is 11.7 Å². The lowest BCUT2D eigenvalue weighted by molar-refractivity contribution is 0.0935. The first-order valence-electron chi connectivity index (χ1n) is 5.49. The Balaban J connectivity index is 2.10. The van der Waals surface area contributed by atoms with Gasteiger partial charge in [0.25, 0.3) is 5.91 Å². The monoisotopic (exact) mass is 265 g/mol. The van der Waals surface area contributed by atoms with Crippen molar-refractivity contribution in [3.05, 3.63) is 28.0 Å². The zero-order valence-electron chi connectivity index (χ0n) is 10.5. The van der Waals surface area contributed by atoms with Crippen molar-refractivity contribution < 1.29 is 4.79 Å². The zero-order valence-corrected chi connectivity index (χ0v) is 11.3. The molecule has 0 saturated carbocycles. The molecule has 2 aromatic heterocycles. The van der Waals surface area contributed by atoms with Gasteiger partial charge in [0, 0.05) is 24.3 Å². The summed E-state index contributed by atoms with van der Waals surface area (Å²) in [7, 11) is 1.72. The summed E-state index contributed by atoms with van der Waals surface area (Å²) in [5, 5.41) is 9.68. The van der Waals surface area contributed by atoms with Crippen LogP contribution in [0.2, 0.25) is 0 Å². The average molecular weight is 265 g/mol. The van der Waals surface area contributed by atoms with E-state index in [1.54, 1.807) is 13.2 Å². The Morgan fingerprint density at radius 1 is 1.61 bits per heavy atom. The van der Waals surface area contributed by atoms with Crippen LogP contribution in [0.1, 0.15) is 34.2 Å². The van der Waals surface area contributed by atoms with E-state index in [9.17, 15) is 4.79 Å². The molecule has 0 aliphatic rings. The Kier molecular flexibility index (Phi) is 3.33. The normalized spacial score (nSPS) is 12.4. The lowest BCUT2D eigenvalue weighted by Crippen LogP contribution is -2.27. The molecule has 0 spiro atoms. The predicted molar refractivity (Wildman–Crippen MR) is 70.4 cm³/mol. The van der Waals surface area contributed by atoms with Crippen molar-refractivity contribution in [2.75, 3.05) is 5.73 Å². The summed E-state index contributed by atoms with van der Waals surface area (Å²) in [5.74, 6) is -0.284. The van der Waals surface area contributed by atoms with E-state index < -0.39 is 0 Å². The maximum atomic E-state index is 12.0. The van der Waals surface area contributed by atoms with Crippen molar-refractivity contribution in [1.82, 2.24) is 20.1 Å². The number of nitrogens with two attached hydrogens (primary N) is 1. The number of thiazole rings is 1. The van der Waals surface area contributed by atoms with Gasteiger partial charge in [-0.1, -0.05) is 0 Å². The SMILES string of the molecule is Cc1csc(C(C)NC(=O)c2nn(C)cc2N)n1. The highest BCUT2D eigenvalue weighted by Gasteiger charge is 2.18. The fraction of sp³-hybridized carbons (Fsp3) is 0.364. The molecule has 0 bridgehead atoms. The highest BCUT2D eigenvalue weighted by molar-refractivity contribution is 7.09. The Labute approximate surface area is 109 Å². The molecule has 6 nitrogen and oxygen atoms in total. The van der Waals surface area contributed by atoms with Crippen LogP contribution in [0, 0.1) is 6.92 Å². The van der Waals surface area contributed by atoms with Gasteiger partial charge in [-0.2, -0.15) is 5.10 Å². The number of nitrogen functional groups attached to an aromatic ring is 1. The third kappa shape index (κ3) is 2.51. The molecule has 0 saturated heterocycles. The first kappa shape index (κ1) is 12.6. The van der Waals surface area contributed by atoms with E-state index in [1.807, 2.05) is 19.2 Å². The van der Waals surface area contributed by atoms with E-state index >= 15 is 0 Å². The van der Waals surface area contributed by atoms with Crippen LogP contribution in [0.15, 0.2) is 11.6 Å². The zero-order chi connectivity index (χ0) is 13.3. The second kappa shape index (κ2) is 4.77. The molecule has 0 aromatic carbocycles. The van der Waals surface area contributed by atoms with Crippen molar-refractivity contribution >= 4 is 22.9 Å². The molecule has 18 heavy (non-hydrogen) atoms. The van der Waals surface area contributed by atoms with Gasteiger partial charge in [0.15, 0.2) is 5.69 Å². The van der Waals surface area contributed by atoms with Crippen LogP contribution in [-0.2, 0) is 7.05 Å². The van der Waals surface area contributed by atoms with E-state index in [-0.39, 0.29) is 17.6 Å². The maximum Gasteiger partial charge on any atom is 0.274 e. The number of nitrogens with zero attached hydrogens (tertiary/aromatic N) is 3. The molecule has 1 unspecified atom stereocenters. The molecule has 2 aromatic rings. The average Bonchev–Trinajstić information content (AvgIpc) is 2.84. The highest BCUT2D eigenvalue weighted by atomic mass is 32.1. The third-order valence-electron chi connectivity index (χ3n) is 2.43. The maximum absolute atomic E-state index is 12.0. The molecule has 0 aliphatic heterocycles. The number of carbonyl (C=O) groups excluding carboxylic acids is 1. The molecule has 7 heteroatoms. The summed E-state index contributed by atoms with van der Waals surface area (Å²) < 4.78 is 1.52. The quantitative estimate of drug-likeness (QED) is 0.874. The molecule has 0 fully saturated rings. The molecule has 1 amide bonds. The Hall–Kier alpha value is -1.89. The lowest BCUT2D eigenvalue weighted by atomic mass is 10.3. The van der Waals surface area contributed by atoms with E-state index in [0.717, 1.165) is 10.7 Å². The smallest absolute Gasteiger partial charge is 0.274 e. The van der Waals surface area contributed by atoms with Gasteiger partial charge in [0.2, 0.25) is 0 Å². The number of hydrogen-bond donors (Lipinski definition) is 2. The van der Waals surface area contributed by atoms with Crippen LogP contribution in [0.4, 0.5) is 5.69 Å². The van der Waals surface area contributed by atoms with Crippen LogP contribution >= 0.6 is 11.3 Å². The number of carbonyl (C=O) groups is 1. The van der Waals surface area contributed by atoms with E-state index in [1.165, 1.54) is 16.0 Å². The van der Waals surface area contributed by atoms with Crippen molar-refractivity contribution in [3.63, 3.8) is 0 Å². The van der Waals surface area contributed by atoms with Gasteiger partial charge < -0.3 is 11.1 Å². The van der Waals surface area contributed by atoms with Gasteiger partial charge in [0.1, 0.15) is 5.01 Å². The highest BCUT2D eigenvalue weighted by Crippen LogP contribution is 2.18. The van der Waals surface area contributed by atoms with Crippen LogP contribution in [0.25, 0.3) is 0 Å². The predicted octanol–water partition coefficient (Wildman–Crippen LogP) is 1.26. The first-order chi connectivity index (χ1) is 8.47. The Bertz CT molecular complexity index is 574. The molecular formula is C11H15N5OS. The number of aryl methyl sites for hydroxylation is 2. The molecule has 3 N–H and O–H groups in total. The summed E-state index contributed by atoms with van der Waals surface area (Å²) in [6, 6.07) is -0.155. The Morgan fingerprint density at radius 2 is 2.33 bits per heavy atom. The second-order valence-electron chi connectivity index (χ2n) is 4.13. The summed E-state index contributed by atoms with van der Waals surface area (Å²) in [6.45, 7) is 3.81. The first-order valence-corrected chi connectivity index (χ1v) is 6.37. The number of aromatic nitrogens is 3. The third-order valence-corrected chi connectivity index (χ3v) is 3.57. The molecular weight excluding hydrogens is 250 g/mol. The van der Waals surface area contributed by atoms with Crippen LogP contribution in [0.3, 0.4) is 0 Å². The summed E-state index contributed by atoms with van der Waals surface area (Å²) >= 11 is 1.52. The van der Waals surface area contributed by atoms with Crippen molar-refractivity contribution in [1.29, 1.82) is 0 Å². The standard InChI is InChI=1S/C11H15N5OS/c1-6-5-18-11(13-6)7(2)14-10(17)9-8(12)4-16(3)15-9/h4-5,7H,12H2,1-3H3,(H,14,17). The fourth-order valence-corrected chi connectivity index (χ4v) is 2.38. The molecule has 1 atom stereocenters. The van der Waals surface area contributed by atoms with Crippen LogP contribution in [-0.4, -0.2) is 20.7 Å². The number of rotatable bonds is 3. The molecule has 2 rings (SSSR count). The van der Waals surface area contributed by atoms with Crippen molar-refractivity contribution in [3.8, 4) is 0 Å². The van der Waals surface area contributed by atoms with Crippen molar-refractivity contribution in [2.45, 2.75) is 19.9 Å². The van der Waals surface area contributed by atoms with Gasteiger partial charge in [-0.25, -0.2) is 4.98 Å². The van der Waals surface area contributed by atoms with Crippen LogP contribution < -0.4 is 11.1 Å². The fourth-order valence-electron chi connectivity index (χ4n) is 1.58. The number of nitrogens with one attached hydrogen (secondary N) is 1. The van der Waals surface area contributed by atoms with E-state index in [4.69, 9.17) is 5.73 Å². The van der Waals surface area contributed by atoms with Gasteiger partial charge >= 0.3 is 0 Å². The summed E-state index contributed by atoms with van der Waals surface area (Å²) in [6.07, 6.45) is 1.60. The summed E-state index contributed by atoms with van der Waals surface area (Å²) in [5.41, 5.74) is 7.28.